The zero-order chi connectivity index (χ0) is 9.56. The maximum atomic E-state index is 3.91. The third-order valence-electron chi connectivity index (χ3n) is 1.50. The van der Waals surface area contributed by atoms with Gasteiger partial charge in [-0.2, -0.15) is 0 Å². The second-order valence-corrected chi connectivity index (χ2v) is 3.70. The molecule has 0 radical (unpaired) electrons. The monoisotopic (exact) mass is 164 g/mol. The molecule has 0 aliphatic rings. The van der Waals surface area contributed by atoms with Crippen LogP contribution < -0.4 is 0 Å². The van der Waals surface area contributed by atoms with Crippen molar-refractivity contribution < 1.29 is 0 Å². The molecule has 0 aromatic heterocycles. The summed E-state index contributed by atoms with van der Waals surface area (Å²) >= 11 is 0. The summed E-state index contributed by atoms with van der Waals surface area (Å²) in [6, 6.07) is 0. The van der Waals surface area contributed by atoms with Gasteiger partial charge in [0.25, 0.3) is 0 Å². The predicted molar refractivity (Wildman–Crippen MR) is 57.2 cm³/mol. The molecular formula is C12H20. The first kappa shape index (κ1) is 11.2. The Morgan fingerprint density at radius 2 is 2.00 bits per heavy atom. The zero-order valence-electron chi connectivity index (χ0n) is 8.56. The highest BCUT2D eigenvalue weighted by Crippen LogP contribution is 2.15. The van der Waals surface area contributed by atoms with Crippen molar-refractivity contribution in [2.24, 2.45) is 5.92 Å². The van der Waals surface area contributed by atoms with E-state index in [1.165, 1.54) is 11.1 Å². The minimum absolute atomic E-state index is 0.624. The fourth-order valence-electron chi connectivity index (χ4n) is 1.24. The van der Waals surface area contributed by atoms with Crippen LogP contribution in [-0.2, 0) is 0 Å². The van der Waals surface area contributed by atoms with Crippen LogP contribution in [0.25, 0.3) is 0 Å². The van der Waals surface area contributed by atoms with Crippen LogP contribution in [0.2, 0.25) is 0 Å². The number of rotatable bonds is 5. The van der Waals surface area contributed by atoms with Crippen LogP contribution in [-0.4, -0.2) is 0 Å². The minimum Gasteiger partial charge on any atom is -0.103 e. The number of allylic oxidation sites excluding steroid dienone is 4. The molecule has 0 saturated carbocycles. The Morgan fingerprint density at radius 1 is 1.42 bits per heavy atom. The van der Waals surface area contributed by atoms with Gasteiger partial charge in [-0.05, 0) is 25.7 Å². The predicted octanol–water partition coefficient (Wildman–Crippen LogP) is 4.11. The van der Waals surface area contributed by atoms with Crippen LogP contribution in [0.5, 0.6) is 0 Å². The van der Waals surface area contributed by atoms with Crippen molar-refractivity contribution in [3.8, 4) is 0 Å². The molecule has 0 saturated heterocycles. The Bertz CT molecular complexity index is 182. The van der Waals surface area contributed by atoms with E-state index in [9.17, 15) is 0 Å². The first-order valence-electron chi connectivity index (χ1n) is 4.51. The van der Waals surface area contributed by atoms with Gasteiger partial charge in [0.2, 0.25) is 0 Å². The average molecular weight is 164 g/mol. The molecule has 0 aliphatic heterocycles. The van der Waals surface area contributed by atoms with Gasteiger partial charge in [-0.1, -0.05) is 43.7 Å². The average Bonchev–Trinajstić information content (AvgIpc) is 1.84. The normalized spacial score (nSPS) is 11.8. The van der Waals surface area contributed by atoms with Crippen LogP contribution >= 0.6 is 0 Å². The molecule has 0 fully saturated rings. The van der Waals surface area contributed by atoms with Gasteiger partial charge < -0.3 is 0 Å². The van der Waals surface area contributed by atoms with Crippen molar-refractivity contribution in [3.05, 3.63) is 36.5 Å². The Labute approximate surface area is 76.7 Å². The van der Waals surface area contributed by atoms with Crippen LogP contribution in [0.3, 0.4) is 0 Å². The van der Waals surface area contributed by atoms with E-state index in [0.29, 0.717) is 5.92 Å². The SMILES string of the molecule is C=CC/C(=C\C(C)C)CC(=C)C. The van der Waals surface area contributed by atoms with E-state index in [4.69, 9.17) is 0 Å². The molecule has 0 aromatic rings. The summed E-state index contributed by atoms with van der Waals surface area (Å²) < 4.78 is 0. The third kappa shape index (κ3) is 5.96. The van der Waals surface area contributed by atoms with Gasteiger partial charge in [-0.15, -0.1) is 6.58 Å². The Morgan fingerprint density at radius 3 is 2.33 bits per heavy atom. The third-order valence-corrected chi connectivity index (χ3v) is 1.50. The van der Waals surface area contributed by atoms with Crippen LogP contribution in [0.4, 0.5) is 0 Å². The molecule has 0 atom stereocenters. The van der Waals surface area contributed by atoms with E-state index < -0.39 is 0 Å². The van der Waals surface area contributed by atoms with Gasteiger partial charge in [0.05, 0.1) is 0 Å². The molecule has 0 spiro atoms. The molecule has 0 N–H and O–H groups in total. The smallest absolute Gasteiger partial charge is 0.0111 e. The van der Waals surface area contributed by atoms with Gasteiger partial charge in [-0.25, -0.2) is 0 Å². The molecule has 12 heavy (non-hydrogen) atoms. The molecule has 0 heteroatoms. The summed E-state index contributed by atoms with van der Waals surface area (Å²) in [5.41, 5.74) is 2.66. The quantitative estimate of drug-likeness (QED) is 0.536. The van der Waals surface area contributed by atoms with E-state index in [-0.39, 0.29) is 0 Å². The molecule has 0 unspecified atom stereocenters. The van der Waals surface area contributed by atoms with Crippen molar-refractivity contribution in [3.63, 3.8) is 0 Å². The fourth-order valence-corrected chi connectivity index (χ4v) is 1.24. The maximum Gasteiger partial charge on any atom is -0.0111 e. The van der Waals surface area contributed by atoms with Crippen molar-refractivity contribution in [2.45, 2.75) is 33.6 Å². The lowest BCUT2D eigenvalue weighted by Crippen LogP contribution is -1.88. The molecule has 0 nitrogen and oxygen atoms in total. The lowest BCUT2D eigenvalue weighted by molar-refractivity contribution is 0.809. The van der Waals surface area contributed by atoms with Gasteiger partial charge in [0.15, 0.2) is 0 Å². The Hall–Kier alpha value is -0.780. The second kappa shape index (κ2) is 5.82. The Balaban J connectivity index is 4.21. The standard InChI is InChI=1S/C12H20/c1-6-7-12(8-10(2)3)9-11(4)5/h6,9,11H,1-2,7-8H2,3-5H3/b12-9+. The van der Waals surface area contributed by atoms with Gasteiger partial charge in [0.1, 0.15) is 0 Å². The fraction of sp³-hybridized carbons (Fsp3) is 0.500. The molecular weight excluding hydrogens is 144 g/mol. The largest absolute Gasteiger partial charge is 0.103 e. The molecule has 0 aromatic carbocycles. The minimum atomic E-state index is 0.624. The van der Waals surface area contributed by atoms with E-state index in [1.54, 1.807) is 0 Å². The lowest BCUT2D eigenvalue weighted by atomic mass is 10.0. The first-order valence-corrected chi connectivity index (χ1v) is 4.51. The summed E-state index contributed by atoms with van der Waals surface area (Å²) in [7, 11) is 0. The highest BCUT2D eigenvalue weighted by molar-refractivity contribution is 5.14. The van der Waals surface area contributed by atoms with Crippen molar-refractivity contribution in [1.82, 2.24) is 0 Å². The van der Waals surface area contributed by atoms with Crippen molar-refractivity contribution in [1.29, 1.82) is 0 Å². The summed E-state index contributed by atoms with van der Waals surface area (Å²) in [6.45, 7) is 14.1. The van der Waals surface area contributed by atoms with Gasteiger partial charge in [0, 0.05) is 0 Å². The second-order valence-electron chi connectivity index (χ2n) is 3.70. The van der Waals surface area contributed by atoms with Crippen LogP contribution in [0.1, 0.15) is 33.6 Å². The van der Waals surface area contributed by atoms with E-state index >= 15 is 0 Å². The van der Waals surface area contributed by atoms with Gasteiger partial charge >= 0.3 is 0 Å². The van der Waals surface area contributed by atoms with Crippen LogP contribution in [0.15, 0.2) is 36.5 Å². The molecule has 0 amide bonds. The number of hydrogen-bond donors (Lipinski definition) is 0. The lowest BCUT2D eigenvalue weighted by Gasteiger charge is -2.06. The maximum absolute atomic E-state index is 3.91. The van der Waals surface area contributed by atoms with E-state index in [1.807, 2.05) is 6.08 Å². The summed E-state index contributed by atoms with van der Waals surface area (Å²) in [5, 5.41) is 0. The summed E-state index contributed by atoms with van der Waals surface area (Å²) in [5.74, 6) is 0.624. The van der Waals surface area contributed by atoms with Gasteiger partial charge in [-0.3, -0.25) is 0 Å². The highest BCUT2D eigenvalue weighted by Gasteiger charge is 1.96. The summed E-state index contributed by atoms with van der Waals surface area (Å²) in [4.78, 5) is 0. The van der Waals surface area contributed by atoms with E-state index in [2.05, 4.69) is 40.0 Å². The highest BCUT2D eigenvalue weighted by atomic mass is 14.0. The first-order chi connectivity index (χ1) is 5.56. The molecule has 0 rings (SSSR count). The number of hydrogen-bond acceptors (Lipinski definition) is 0. The zero-order valence-corrected chi connectivity index (χ0v) is 8.56. The van der Waals surface area contributed by atoms with E-state index in [0.717, 1.165) is 12.8 Å². The van der Waals surface area contributed by atoms with Crippen molar-refractivity contribution >= 4 is 0 Å². The molecule has 68 valence electrons. The topological polar surface area (TPSA) is 0 Å². The summed E-state index contributed by atoms with van der Waals surface area (Å²) in [6.07, 6.45) is 6.27. The molecule has 0 heterocycles. The van der Waals surface area contributed by atoms with Crippen LogP contribution in [0, 0.1) is 5.92 Å². The molecule has 0 aliphatic carbocycles. The Kier molecular flexibility index (Phi) is 5.44. The van der Waals surface area contributed by atoms with Crippen molar-refractivity contribution in [2.75, 3.05) is 0 Å². The molecule has 0 bridgehead atoms.